The number of anilines is 1. The van der Waals surface area contributed by atoms with Crippen molar-refractivity contribution >= 4 is 30.5 Å². The SMILES string of the molecule is CC1CN(c2cc(C(F)(F)F)ccc2CN)CCO1.Cl.Cl. The maximum Gasteiger partial charge on any atom is 0.416 e. The minimum absolute atomic E-state index is 0. The molecule has 1 heterocycles. The molecule has 2 rings (SSSR count). The number of halogens is 5. The third-order valence-electron chi connectivity index (χ3n) is 3.21. The summed E-state index contributed by atoms with van der Waals surface area (Å²) < 4.78 is 43.7. The van der Waals surface area contributed by atoms with Crippen LogP contribution in [0.4, 0.5) is 18.9 Å². The van der Waals surface area contributed by atoms with Crippen molar-refractivity contribution in [2.75, 3.05) is 24.6 Å². The third kappa shape index (κ3) is 4.92. The van der Waals surface area contributed by atoms with Crippen LogP contribution < -0.4 is 10.6 Å². The molecule has 0 aromatic heterocycles. The Morgan fingerprint density at radius 2 is 2.00 bits per heavy atom. The molecule has 0 saturated carbocycles. The molecule has 0 radical (unpaired) electrons. The first-order chi connectivity index (χ1) is 8.91. The summed E-state index contributed by atoms with van der Waals surface area (Å²) in [4.78, 5) is 1.91. The average Bonchev–Trinajstić information content (AvgIpc) is 2.37. The van der Waals surface area contributed by atoms with Crippen LogP contribution >= 0.6 is 24.8 Å². The van der Waals surface area contributed by atoms with Crippen LogP contribution in [0.5, 0.6) is 0 Å². The summed E-state index contributed by atoms with van der Waals surface area (Å²) in [6.07, 6.45) is -4.33. The summed E-state index contributed by atoms with van der Waals surface area (Å²) in [5.74, 6) is 0. The summed E-state index contributed by atoms with van der Waals surface area (Å²) in [6, 6.07) is 3.72. The summed E-state index contributed by atoms with van der Waals surface area (Å²) >= 11 is 0. The molecule has 0 amide bonds. The molecule has 1 aromatic rings. The quantitative estimate of drug-likeness (QED) is 0.893. The first kappa shape index (κ1) is 20.3. The zero-order valence-corrected chi connectivity index (χ0v) is 13.2. The van der Waals surface area contributed by atoms with Gasteiger partial charge in [0.1, 0.15) is 0 Å². The number of morpholine rings is 1. The zero-order chi connectivity index (χ0) is 14.0. The fraction of sp³-hybridized carbons (Fsp3) is 0.538. The van der Waals surface area contributed by atoms with E-state index >= 15 is 0 Å². The van der Waals surface area contributed by atoms with Crippen LogP contribution in [0.15, 0.2) is 18.2 Å². The molecule has 1 aliphatic heterocycles. The van der Waals surface area contributed by atoms with E-state index in [1.807, 2.05) is 11.8 Å². The van der Waals surface area contributed by atoms with Crippen LogP contribution in [0.1, 0.15) is 18.1 Å². The van der Waals surface area contributed by atoms with Gasteiger partial charge in [0.25, 0.3) is 0 Å². The van der Waals surface area contributed by atoms with E-state index in [9.17, 15) is 13.2 Å². The molecule has 1 fully saturated rings. The molecular formula is C13H19Cl2F3N2O. The smallest absolute Gasteiger partial charge is 0.375 e. The number of nitrogens with zero attached hydrogens (tertiary/aromatic N) is 1. The van der Waals surface area contributed by atoms with E-state index in [-0.39, 0.29) is 37.5 Å². The summed E-state index contributed by atoms with van der Waals surface area (Å²) in [6.45, 7) is 3.80. The first-order valence-corrected chi connectivity index (χ1v) is 6.18. The van der Waals surface area contributed by atoms with Crippen LogP contribution in [0, 0.1) is 0 Å². The Kier molecular flexibility index (Phi) is 7.81. The van der Waals surface area contributed by atoms with Gasteiger partial charge in [0, 0.05) is 25.3 Å². The highest BCUT2D eigenvalue weighted by atomic mass is 35.5. The highest BCUT2D eigenvalue weighted by Gasteiger charge is 2.32. The van der Waals surface area contributed by atoms with E-state index in [0.717, 1.165) is 11.6 Å². The van der Waals surface area contributed by atoms with Gasteiger partial charge in [-0.3, -0.25) is 0 Å². The summed E-state index contributed by atoms with van der Waals surface area (Å²) in [7, 11) is 0. The van der Waals surface area contributed by atoms with Crippen molar-refractivity contribution in [2.45, 2.75) is 25.7 Å². The Labute approximate surface area is 134 Å². The van der Waals surface area contributed by atoms with E-state index in [2.05, 4.69) is 0 Å². The van der Waals surface area contributed by atoms with E-state index in [0.29, 0.717) is 25.4 Å². The van der Waals surface area contributed by atoms with Gasteiger partial charge in [-0.2, -0.15) is 13.2 Å². The molecule has 1 atom stereocenters. The summed E-state index contributed by atoms with van der Waals surface area (Å²) in [5, 5.41) is 0. The minimum atomic E-state index is -4.33. The molecule has 21 heavy (non-hydrogen) atoms. The van der Waals surface area contributed by atoms with Gasteiger partial charge >= 0.3 is 6.18 Å². The number of benzene rings is 1. The number of rotatable bonds is 2. The van der Waals surface area contributed by atoms with E-state index in [1.165, 1.54) is 12.1 Å². The molecule has 1 aromatic carbocycles. The first-order valence-electron chi connectivity index (χ1n) is 6.18. The van der Waals surface area contributed by atoms with Gasteiger partial charge in [0.2, 0.25) is 0 Å². The van der Waals surface area contributed by atoms with Crippen molar-refractivity contribution in [3.05, 3.63) is 29.3 Å². The normalized spacial score (nSPS) is 18.7. The second kappa shape index (κ2) is 8.08. The molecule has 1 unspecified atom stereocenters. The number of alkyl halides is 3. The van der Waals surface area contributed by atoms with Gasteiger partial charge in [0.15, 0.2) is 0 Å². The molecule has 0 aliphatic carbocycles. The Morgan fingerprint density at radius 1 is 1.33 bits per heavy atom. The summed E-state index contributed by atoms with van der Waals surface area (Å²) in [5.41, 5.74) is 6.26. The molecule has 0 spiro atoms. The molecule has 1 saturated heterocycles. The fourth-order valence-electron chi connectivity index (χ4n) is 2.24. The average molecular weight is 347 g/mol. The van der Waals surface area contributed by atoms with E-state index in [1.54, 1.807) is 0 Å². The number of nitrogens with two attached hydrogens (primary N) is 1. The Balaban J connectivity index is 0.00000200. The second-order valence-corrected chi connectivity index (χ2v) is 4.67. The van der Waals surface area contributed by atoms with Crippen molar-refractivity contribution in [3.8, 4) is 0 Å². The fourth-order valence-corrected chi connectivity index (χ4v) is 2.24. The topological polar surface area (TPSA) is 38.5 Å². The van der Waals surface area contributed by atoms with Crippen molar-refractivity contribution in [1.29, 1.82) is 0 Å². The van der Waals surface area contributed by atoms with E-state index in [4.69, 9.17) is 10.5 Å². The number of ether oxygens (including phenoxy) is 1. The van der Waals surface area contributed by atoms with Crippen LogP contribution in [-0.2, 0) is 17.5 Å². The molecule has 3 nitrogen and oxygen atoms in total. The molecule has 8 heteroatoms. The molecule has 0 bridgehead atoms. The third-order valence-corrected chi connectivity index (χ3v) is 3.21. The predicted molar refractivity (Wildman–Crippen MR) is 81.5 cm³/mol. The van der Waals surface area contributed by atoms with Gasteiger partial charge < -0.3 is 15.4 Å². The van der Waals surface area contributed by atoms with E-state index < -0.39 is 11.7 Å². The van der Waals surface area contributed by atoms with Gasteiger partial charge in [-0.1, -0.05) is 6.07 Å². The zero-order valence-electron chi connectivity index (χ0n) is 11.5. The van der Waals surface area contributed by atoms with Crippen LogP contribution in [0.3, 0.4) is 0 Å². The maximum absolute atomic E-state index is 12.8. The standard InChI is InChI=1S/C13H17F3N2O.2ClH/c1-9-8-18(4-5-19-9)12-6-11(13(14,15)16)3-2-10(12)7-17;;/h2-3,6,9H,4-5,7-8,17H2,1H3;2*1H. The maximum atomic E-state index is 12.8. The molecule has 122 valence electrons. The van der Waals surface area contributed by atoms with Crippen molar-refractivity contribution < 1.29 is 17.9 Å². The lowest BCUT2D eigenvalue weighted by Crippen LogP contribution is -2.41. The van der Waals surface area contributed by atoms with Crippen LogP contribution in [0.2, 0.25) is 0 Å². The largest absolute Gasteiger partial charge is 0.416 e. The van der Waals surface area contributed by atoms with Crippen molar-refractivity contribution in [2.24, 2.45) is 5.73 Å². The van der Waals surface area contributed by atoms with Gasteiger partial charge in [0.05, 0.1) is 18.3 Å². The highest BCUT2D eigenvalue weighted by Crippen LogP contribution is 2.34. The van der Waals surface area contributed by atoms with Gasteiger partial charge in [-0.05, 0) is 24.6 Å². The van der Waals surface area contributed by atoms with Gasteiger partial charge in [-0.25, -0.2) is 0 Å². The number of hydrogen-bond donors (Lipinski definition) is 1. The lowest BCUT2D eigenvalue weighted by Gasteiger charge is -2.34. The molecule has 1 aliphatic rings. The second-order valence-electron chi connectivity index (χ2n) is 4.67. The monoisotopic (exact) mass is 346 g/mol. The van der Waals surface area contributed by atoms with Crippen LogP contribution in [-0.4, -0.2) is 25.8 Å². The van der Waals surface area contributed by atoms with Crippen LogP contribution in [0.25, 0.3) is 0 Å². The number of hydrogen-bond acceptors (Lipinski definition) is 3. The lowest BCUT2D eigenvalue weighted by atomic mass is 10.1. The van der Waals surface area contributed by atoms with Crippen molar-refractivity contribution in [3.63, 3.8) is 0 Å². The molecule has 2 N–H and O–H groups in total. The Bertz CT molecular complexity index is 458. The Hall–Kier alpha value is -0.690. The molecular weight excluding hydrogens is 328 g/mol. The highest BCUT2D eigenvalue weighted by molar-refractivity contribution is 5.85. The Morgan fingerprint density at radius 3 is 2.52 bits per heavy atom. The predicted octanol–water partition coefficient (Wildman–Crippen LogP) is 3.23. The van der Waals surface area contributed by atoms with Crippen molar-refractivity contribution in [1.82, 2.24) is 0 Å². The lowest BCUT2D eigenvalue weighted by molar-refractivity contribution is -0.137. The minimum Gasteiger partial charge on any atom is -0.375 e. The van der Waals surface area contributed by atoms with Gasteiger partial charge in [-0.15, -0.1) is 24.8 Å².